The molecule has 1 atom stereocenters. The molecule has 0 aliphatic carbocycles. The van der Waals surface area contributed by atoms with Crippen molar-refractivity contribution in [3.63, 3.8) is 0 Å². The molecule has 3 rings (SSSR count). The Kier molecular flexibility index (Phi) is 5.78. The van der Waals surface area contributed by atoms with Crippen LogP contribution in [0.5, 0.6) is 0 Å². The number of benzene rings is 1. The minimum Gasteiger partial charge on any atom is -0.354 e. The Hall–Kier alpha value is -2.25. The summed E-state index contributed by atoms with van der Waals surface area (Å²) < 4.78 is 5.28. The fraction of sp³-hybridized carbons (Fsp3) is 0.500. The Morgan fingerprint density at radius 2 is 2.16 bits per heavy atom. The van der Waals surface area contributed by atoms with Crippen LogP contribution in [-0.2, 0) is 17.8 Å². The smallest absolute Gasteiger partial charge is 0.237 e. The zero-order chi connectivity index (χ0) is 17.6. The highest BCUT2D eigenvalue weighted by Crippen LogP contribution is 2.17. The molecule has 1 saturated heterocycles. The zero-order valence-electron chi connectivity index (χ0n) is 14.8. The van der Waals surface area contributed by atoms with Crippen LogP contribution in [0.1, 0.15) is 24.3 Å². The molecule has 1 fully saturated rings. The van der Waals surface area contributed by atoms with Crippen LogP contribution in [0, 0.1) is 0 Å². The van der Waals surface area contributed by atoms with E-state index in [0.29, 0.717) is 24.7 Å². The number of nitrogens with one attached hydrogen (secondary N) is 2. The largest absolute Gasteiger partial charge is 0.354 e. The second-order valence-electron chi connectivity index (χ2n) is 6.64. The lowest BCUT2D eigenvalue weighted by atomic mass is 10.1. The van der Waals surface area contributed by atoms with Gasteiger partial charge >= 0.3 is 0 Å². The lowest BCUT2D eigenvalue weighted by molar-refractivity contribution is -0.122. The average Bonchev–Trinajstić information content (AvgIpc) is 3.27. The van der Waals surface area contributed by atoms with Gasteiger partial charge in [-0.1, -0.05) is 29.4 Å². The van der Waals surface area contributed by atoms with Gasteiger partial charge in [0, 0.05) is 25.1 Å². The second-order valence-corrected chi connectivity index (χ2v) is 6.64. The van der Waals surface area contributed by atoms with Crippen LogP contribution in [-0.4, -0.2) is 54.2 Å². The highest BCUT2D eigenvalue weighted by molar-refractivity contribution is 5.81. The number of rotatable bonds is 7. The first-order valence-electron chi connectivity index (χ1n) is 8.69. The van der Waals surface area contributed by atoms with E-state index in [2.05, 4.69) is 37.8 Å². The summed E-state index contributed by atoms with van der Waals surface area (Å²) in [4.78, 5) is 18.5. The van der Waals surface area contributed by atoms with Crippen molar-refractivity contribution in [1.29, 1.82) is 0 Å². The third-order valence-corrected chi connectivity index (χ3v) is 4.19. The molecule has 7 nitrogen and oxygen atoms in total. The molecule has 2 aromatic rings. The minimum atomic E-state index is -0.0565. The van der Waals surface area contributed by atoms with Crippen molar-refractivity contribution in [3.8, 4) is 11.4 Å². The third-order valence-electron chi connectivity index (χ3n) is 4.19. The summed E-state index contributed by atoms with van der Waals surface area (Å²) in [6.07, 6.45) is 2.49. The lowest BCUT2D eigenvalue weighted by Gasteiger charge is -2.09. The van der Waals surface area contributed by atoms with Crippen molar-refractivity contribution < 1.29 is 9.32 Å². The minimum absolute atomic E-state index is 0.0497. The van der Waals surface area contributed by atoms with Gasteiger partial charge in [-0.2, -0.15) is 4.98 Å². The maximum Gasteiger partial charge on any atom is 0.237 e. The quantitative estimate of drug-likeness (QED) is 0.786. The number of carbonyl (C=O) groups excluding carboxylic acids is 1. The molecule has 1 aromatic heterocycles. The fourth-order valence-electron chi connectivity index (χ4n) is 2.92. The fourth-order valence-corrected chi connectivity index (χ4v) is 2.92. The topological polar surface area (TPSA) is 83.3 Å². The molecule has 0 spiro atoms. The first-order valence-corrected chi connectivity index (χ1v) is 8.69. The van der Waals surface area contributed by atoms with Gasteiger partial charge in [-0.15, -0.1) is 0 Å². The van der Waals surface area contributed by atoms with E-state index in [4.69, 9.17) is 4.52 Å². The summed E-state index contributed by atoms with van der Waals surface area (Å²) in [7, 11) is 4.09. The van der Waals surface area contributed by atoms with Crippen molar-refractivity contribution in [2.45, 2.75) is 31.8 Å². The molecule has 7 heteroatoms. The van der Waals surface area contributed by atoms with Crippen molar-refractivity contribution >= 4 is 5.91 Å². The van der Waals surface area contributed by atoms with E-state index in [9.17, 15) is 4.79 Å². The molecule has 1 unspecified atom stereocenters. The second kappa shape index (κ2) is 8.22. The molecule has 1 aliphatic heterocycles. The van der Waals surface area contributed by atoms with E-state index < -0.39 is 0 Å². The van der Waals surface area contributed by atoms with E-state index in [1.807, 2.05) is 26.2 Å². The number of hydrogen-bond acceptors (Lipinski definition) is 6. The Morgan fingerprint density at radius 3 is 2.84 bits per heavy atom. The maximum atomic E-state index is 11.9. The van der Waals surface area contributed by atoms with Gasteiger partial charge in [0.1, 0.15) is 0 Å². The first kappa shape index (κ1) is 17.6. The molecule has 1 aromatic carbocycles. The number of nitrogens with zero attached hydrogens (tertiary/aromatic N) is 3. The molecule has 2 N–H and O–H groups in total. The molecule has 0 radical (unpaired) electrons. The molecule has 1 aliphatic rings. The average molecular weight is 343 g/mol. The molecular formula is C18H25N5O2. The van der Waals surface area contributed by atoms with Crippen LogP contribution in [0.3, 0.4) is 0 Å². The van der Waals surface area contributed by atoms with Crippen LogP contribution in [0.25, 0.3) is 11.4 Å². The monoisotopic (exact) mass is 343 g/mol. The lowest BCUT2D eigenvalue weighted by Crippen LogP contribution is -2.41. The highest BCUT2D eigenvalue weighted by Gasteiger charge is 2.21. The van der Waals surface area contributed by atoms with E-state index in [-0.39, 0.29) is 11.9 Å². The summed E-state index contributed by atoms with van der Waals surface area (Å²) in [5.74, 6) is 1.16. The number of aromatic nitrogens is 2. The van der Waals surface area contributed by atoms with E-state index in [1.54, 1.807) is 0 Å². The van der Waals surface area contributed by atoms with Crippen LogP contribution in [0.15, 0.2) is 28.8 Å². The van der Waals surface area contributed by atoms with Crippen LogP contribution in [0.4, 0.5) is 0 Å². The SMILES string of the molecule is CN(C)Cc1ccc(-c2noc(CCNC(=O)C3CCCN3)n2)cc1. The molecule has 2 heterocycles. The molecule has 1 amide bonds. The predicted octanol–water partition coefficient (Wildman–Crippen LogP) is 1.21. The molecular weight excluding hydrogens is 318 g/mol. The van der Waals surface area contributed by atoms with Gasteiger partial charge in [0.2, 0.25) is 17.6 Å². The Bertz CT molecular complexity index is 690. The van der Waals surface area contributed by atoms with E-state index in [1.165, 1.54) is 5.56 Å². The van der Waals surface area contributed by atoms with Crippen molar-refractivity contribution in [2.75, 3.05) is 27.2 Å². The Morgan fingerprint density at radius 1 is 1.36 bits per heavy atom. The summed E-state index contributed by atoms with van der Waals surface area (Å²) in [5, 5.41) is 10.1. The van der Waals surface area contributed by atoms with Gasteiger partial charge in [0.15, 0.2) is 0 Å². The van der Waals surface area contributed by atoms with Gasteiger partial charge in [-0.05, 0) is 39.0 Å². The standard InChI is InChI=1S/C18H25N5O2/c1-23(2)12-13-5-7-14(8-6-13)17-21-16(25-22-17)9-11-20-18(24)15-4-3-10-19-15/h5-8,15,19H,3-4,9-12H2,1-2H3,(H,20,24). The van der Waals surface area contributed by atoms with Crippen LogP contribution in [0.2, 0.25) is 0 Å². The number of hydrogen-bond donors (Lipinski definition) is 2. The molecule has 0 saturated carbocycles. The summed E-state index contributed by atoms with van der Waals surface area (Å²) in [6, 6.07) is 8.08. The Balaban J connectivity index is 1.50. The summed E-state index contributed by atoms with van der Waals surface area (Å²) >= 11 is 0. The third kappa shape index (κ3) is 4.87. The molecule has 134 valence electrons. The van der Waals surface area contributed by atoms with Gasteiger partial charge < -0.3 is 20.1 Å². The number of amides is 1. The molecule has 0 bridgehead atoms. The predicted molar refractivity (Wildman–Crippen MR) is 94.9 cm³/mol. The van der Waals surface area contributed by atoms with Crippen LogP contribution < -0.4 is 10.6 Å². The van der Waals surface area contributed by atoms with Gasteiger partial charge in [-0.25, -0.2) is 0 Å². The number of carbonyl (C=O) groups is 1. The van der Waals surface area contributed by atoms with E-state index in [0.717, 1.165) is 31.5 Å². The highest BCUT2D eigenvalue weighted by atomic mass is 16.5. The van der Waals surface area contributed by atoms with Crippen molar-refractivity contribution in [3.05, 3.63) is 35.7 Å². The van der Waals surface area contributed by atoms with Gasteiger partial charge in [0.25, 0.3) is 0 Å². The van der Waals surface area contributed by atoms with Crippen LogP contribution >= 0.6 is 0 Å². The Labute approximate surface area is 147 Å². The van der Waals surface area contributed by atoms with Crippen molar-refractivity contribution in [2.24, 2.45) is 0 Å². The first-order chi connectivity index (χ1) is 12.1. The van der Waals surface area contributed by atoms with Gasteiger partial charge in [-0.3, -0.25) is 4.79 Å². The normalized spacial score (nSPS) is 17.2. The summed E-state index contributed by atoms with van der Waals surface area (Å²) in [6.45, 7) is 2.31. The van der Waals surface area contributed by atoms with Crippen molar-refractivity contribution in [1.82, 2.24) is 25.7 Å². The maximum absolute atomic E-state index is 11.9. The van der Waals surface area contributed by atoms with Gasteiger partial charge in [0.05, 0.1) is 6.04 Å². The molecule has 25 heavy (non-hydrogen) atoms. The zero-order valence-corrected chi connectivity index (χ0v) is 14.8. The van der Waals surface area contributed by atoms with E-state index >= 15 is 0 Å². The summed E-state index contributed by atoms with van der Waals surface area (Å²) in [5.41, 5.74) is 2.16.